The second-order valence-corrected chi connectivity index (χ2v) is 7.21. The number of alkyl carbamates (subject to hydrolysis) is 1. The summed E-state index contributed by atoms with van der Waals surface area (Å²) in [6.07, 6.45) is 3.08. The van der Waals surface area contributed by atoms with Gasteiger partial charge >= 0.3 is 12.1 Å². The van der Waals surface area contributed by atoms with E-state index in [0.717, 1.165) is 5.56 Å². The number of ether oxygens (including phenoxy) is 1. The van der Waals surface area contributed by atoms with E-state index in [9.17, 15) is 19.5 Å². The van der Waals surface area contributed by atoms with E-state index < -0.39 is 30.1 Å². The molecule has 0 saturated carbocycles. The van der Waals surface area contributed by atoms with Crippen LogP contribution in [0.15, 0.2) is 30.3 Å². The van der Waals surface area contributed by atoms with Crippen molar-refractivity contribution in [1.29, 1.82) is 0 Å². The normalized spacial score (nSPS) is 12.6. The molecule has 0 aliphatic heterocycles. The predicted octanol–water partition coefficient (Wildman–Crippen LogP) is 1.73. The van der Waals surface area contributed by atoms with Gasteiger partial charge in [-0.25, -0.2) is 9.59 Å². The molecule has 0 aliphatic rings. The Morgan fingerprint density at radius 2 is 1.82 bits per heavy atom. The maximum atomic E-state index is 12.5. The van der Waals surface area contributed by atoms with Crippen LogP contribution in [0.4, 0.5) is 4.79 Å². The number of carboxylic acid groups (broad SMARTS) is 1. The zero-order valence-corrected chi connectivity index (χ0v) is 16.9. The first-order chi connectivity index (χ1) is 13.5. The van der Waals surface area contributed by atoms with Crippen LogP contribution in [0.1, 0.15) is 31.2 Å². The molecule has 0 spiro atoms. The molecule has 2 amide bonds. The molecule has 5 N–H and O–H groups in total. The fourth-order valence-corrected chi connectivity index (χ4v) is 2.91. The van der Waals surface area contributed by atoms with Gasteiger partial charge in [0.25, 0.3) is 0 Å². The number of thioether (sulfide) groups is 1. The third kappa shape index (κ3) is 9.61. The van der Waals surface area contributed by atoms with E-state index in [1.54, 1.807) is 0 Å². The molecule has 9 heteroatoms. The maximum absolute atomic E-state index is 12.5. The quantitative estimate of drug-likeness (QED) is 0.364. The molecule has 8 nitrogen and oxygen atoms in total. The van der Waals surface area contributed by atoms with Crippen molar-refractivity contribution in [3.63, 3.8) is 0 Å². The van der Waals surface area contributed by atoms with Crippen LogP contribution in [0.5, 0.6) is 0 Å². The topological polar surface area (TPSA) is 131 Å². The molecule has 1 unspecified atom stereocenters. The molecule has 0 fully saturated rings. The van der Waals surface area contributed by atoms with Crippen molar-refractivity contribution in [3.05, 3.63) is 35.9 Å². The van der Waals surface area contributed by atoms with Gasteiger partial charge in [-0.05, 0) is 49.8 Å². The average molecular weight is 412 g/mol. The number of nitrogens with two attached hydrogens (primary N) is 1. The minimum absolute atomic E-state index is 0.0837. The Morgan fingerprint density at radius 3 is 2.43 bits per heavy atom. The third-order valence-electron chi connectivity index (χ3n) is 3.99. The molecule has 1 rings (SSSR count). The fraction of sp³-hybridized carbons (Fsp3) is 0.526. The van der Waals surface area contributed by atoms with Gasteiger partial charge in [0.15, 0.2) is 0 Å². The fourth-order valence-electron chi connectivity index (χ4n) is 2.43. The number of carboxylic acids is 1. The van der Waals surface area contributed by atoms with Gasteiger partial charge in [-0.1, -0.05) is 30.3 Å². The molecule has 1 aromatic rings. The summed E-state index contributed by atoms with van der Waals surface area (Å²) in [4.78, 5) is 36.0. The van der Waals surface area contributed by atoms with Crippen molar-refractivity contribution in [2.45, 2.75) is 44.4 Å². The molecule has 2 atom stereocenters. The van der Waals surface area contributed by atoms with E-state index >= 15 is 0 Å². The van der Waals surface area contributed by atoms with Crippen LogP contribution in [0.3, 0.4) is 0 Å². The first-order valence-electron chi connectivity index (χ1n) is 9.17. The monoisotopic (exact) mass is 411 g/mol. The predicted molar refractivity (Wildman–Crippen MR) is 109 cm³/mol. The smallest absolute Gasteiger partial charge is 0.408 e. The lowest BCUT2D eigenvalue weighted by Crippen LogP contribution is -2.51. The highest BCUT2D eigenvalue weighted by atomic mass is 32.2. The van der Waals surface area contributed by atoms with Crippen LogP contribution in [0.2, 0.25) is 0 Å². The lowest BCUT2D eigenvalue weighted by Gasteiger charge is -2.21. The van der Waals surface area contributed by atoms with Crippen molar-refractivity contribution >= 4 is 29.7 Å². The second-order valence-electron chi connectivity index (χ2n) is 6.22. The minimum atomic E-state index is -1.11. The Labute approximate surface area is 169 Å². The molecule has 0 bridgehead atoms. The number of carbonyl (C=O) groups excluding carboxylic acids is 2. The van der Waals surface area contributed by atoms with Crippen molar-refractivity contribution in [3.8, 4) is 0 Å². The molecule has 0 saturated heterocycles. The first-order valence-corrected chi connectivity index (χ1v) is 10.6. The average Bonchev–Trinajstić information content (AvgIpc) is 2.69. The summed E-state index contributed by atoms with van der Waals surface area (Å²) >= 11 is 1.52. The zero-order valence-electron chi connectivity index (χ0n) is 16.1. The molecule has 0 aliphatic carbocycles. The number of unbranched alkanes of at least 4 members (excludes halogenated alkanes) is 1. The van der Waals surface area contributed by atoms with E-state index in [1.807, 2.05) is 36.6 Å². The summed E-state index contributed by atoms with van der Waals surface area (Å²) in [6.45, 7) is 0.547. The molecule has 0 heterocycles. The Balaban J connectivity index is 2.61. The molecular formula is C19H29N3O5S. The summed E-state index contributed by atoms with van der Waals surface area (Å²) in [7, 11) is 0. The van der Waals surface area contributed by atoms with Crippen molar-refractivity contribution in [2.24, 2.45) is 5.73 Å². The zero-order chi connectivity index (χ0) is 20.8. The summed E-state index contributed by atoms with van der Waals surface area (Å²) in [5, 5.41) is 14.3. The van der Waals surface area contributed by atoms with Crippen molar-refractivity contribution < 1.29 is 24.2 Å². The van der Waals surface area contributed by atoms with Crippen molar-refractivity contribution in [1.82, 2.24) is 10.6 Å². The maximum Gasteiger partial charge on any atom is 0.408 e. The Morgan fingerprint density at radius 1 is 1.11 bits per heavy atom. The Kier molecular flexibility index (Phi) is 11.8. The third-order valence-corrected chi connectivity index (χ3v) is 4.64. The SMILES string of the molecule is CSCC[C@H](NC(=O)OCc1ccccc1)C(=O)NC(CCCCN)C(=O)O. The van der Waals surface area contributed by atoms with E-state index in [2.05, 4.69) is 10.6 Å². The number of hydrogen-bond donors (Lipinski definition) is 4. The number of carbonyl (C=O) groups is 3. The van der Waals surface area contributed by atoms with Gasteiger partial charge in [0.05, 0.1) is 0 Å². The van der Waals surface area contributed by atoms with Crippen LogP contribution < -0.4 is 16.4 Å². The number of aliphatic carboxylic acids is 1. The van der Waals surface area contributed by atoms with Crippen LogP contribution in [0.25, 0.3) is 0 Å². The van der Waals surface area contributed by atoms with Crippen LogP contribution >= 0.6 is 11.8 Å². The van der Waals surface area contributed by atoms with E-state index in [4.69, 9.17) is 10.5 Å². The summed E-state index contributed by atoms with van der Waals surface area (Å²) in [5.74, 6) is -1.02. The number of amides is 2. The van der Waals surface area contributed by atoms with Crippen LogP contribution in [-0.2, 0) is 20.9 Å². The molecule has 0 radical (unpaired) electrons. The van der Waals surface area contributed by atoms with E-state index in [1.165, 1.54) is 11.8 Å². The van der Waals surface area contributed by atoms with Gasteiger partial charge in [0.2, 0.25) is 5.91 Å². The Hall–Kier alpha value is -2.26. The van der Waals surface area contributed by atoms with Gasteiger partial charge in [0, 0.05) is 0 Å². The number of rotatable bonds is 13. The van der Waals surface area contributed by atoms with E-state index in [0.29, 0.717) is 31.6 Å². The standard InChI is InChI=1S/C19H29N3O5S/c1-28-12-10-15(17(23)21-16(18(24)25)9-5-6-11-20)22-19(26)27-13-14-7-3-2-4-8-14/h2-4,7-8,15-16H,5-6,9-13,20H2,1H3,(H,21,23)(H,22,26)(H,24,25)/t15-,16?/m0/s1. The Bertz CT molecular complexity index is 615. The second kappa shape index (κ2) is 13.8. The molecule has 0 aromatic heterocycles. The van der Waals surface area contributed by atoms with Gasteiger partial charge in [-0.3, -0.25) is 4.79 Å². The highest BCUT2D eigenvalue weighted by molar-refractivity contribution is 7.98. The van der Waals surface area contributed by atoms with Crippen molar-refractivity contribution in [2.75, 3.05) is 18.6 Å². The lowest BCUT2D eigenvalue weighted by molar-refractivity contribution is -0.142. The number of hydrogen-bond acceptors (Lipinski definition) is 6. The van der Waals surface area contributed by atoms with Crippen LogP contribution in [-0.4, -0.2) is 53.7 Å². The number of nitrogens with one attached hydrogen (secondary N) is 2. The largest absolute Gasteiger partial charge is 0.480 e. The van der Waals surface area contributed by atoms with Gasteiger partial charge in [-0.15, -0.1) is 0 Å². The van der Waals surface area contributed by atoms with Gasteiger partial charge < -0.3 is 26.2 Å². The number of benzene rings is 1. The summed E-state index contributed by atoms with van der Waals surface area (Å²) < 4.78 is 5.15. The molecule has 1 aromatic carbocycles. The molecule has 28 heavy (non-hydrogen) atoms. The summed E-state index contributed by atoms with van der Waals surface area (Å²) in [5.41, 5.74) is 6.25. The lowest BCUT2D eigenvalue weighted by atomic mass is 10.1. The minimum Gasteiger partial charge on any atom is -0.480 e. The highest BCUT2D eigenvalue weighted by Crippen LogP contribution is 2.06. The van der Waals surface area contributed by atoms with E-state index in [-0.39, 0.29) is 13.0 Å². The first kappa shape index (κ1) is 23.8. The highest BCUT2D eigenvalue weighted by Gasteiger charge is 2.26. The molecular weight excluding hydrogens is 382 g/mol. The summed E-state index contributed by atoms with van der Waals surface area (Å²) in [6, 6.07) is 7.29. The van der Waals surface area contributed by atoms with Crippen LogP contribution in [0, 0.1) is 0 Å². The van der Waals surface area contributed by atoms with Gasteiger partial charge in [-0.2, -0.15) is 11.8 Å². The molecule has 156 valence electrons. The van der Waals surface area contributed by atoms with Gasteiger partial charge in [0.1, 0.15) is 18.7 Å².